The molecule has 0 saturated heterocycles. The zero-order valence-electron chi connectivity index (χ0n) is 9.64. The fourth-order valence-electron chi connectivity index (χ4n) is 1.35. The van der Waals surface area contributed by atoms with Crippen LogP contribution in [0, 0.1) is 0 Å². The van der Waals surface area contributed by atoms with Crippen molar-refractivity contribution in [3.8, 4) is 5.75 Å². The van der Waals surface area contributed by atoms with E-state index in [1.165, 1.54) is 12.5 Å². The third-order valence-electron chi connectivity index (χ3n) is 2.17. The first-order valence-corrected chi connectivity index (χ1v) is 5.83. The van der Waals surface area contributed by atoms with Gasteiger partial charge >= 0.3 is 0 Å². The predicted molar refractivity (Wildman–Crippen MR) is 71.3 cm³/mol. The van der Waals surface area contributed by atoms with Crippen molar-refractivity contribution in [3.05, 3.63) is 41.8 Å². The normalized spacial score (nSPS) is 10.1. The smallest absolute Gasteiger partial charge is 0.152 e. The van der Waals surface area contributed by atoms with Crippen LogP contribution in [0.2, 0.25) is 5.02 Å². The Balaban J connectivity index is 2.04. The molecule has 0 spiro atoms. The van der Waals surface area contributed by atoms with Gasteiger partial charge in [-0.3, -0.25) is 0 Å². The lowest BCUT2D eigenvalue weighted by Gasteiger charge is -2.08. The number of nitrogens with two attached hydrogens (primary N) is 1. The van der Waals surface area contributed by atoms with Crippen molar-refractivity contribution < 1.29 is 4.74 Å². The fraction of sp³-hybridized carbons (Fsp3) is 0.167. The molecule has 5 nitrogen and oxygen atoms in total. The first-order valence-electron chi connectivity index (χ1n) is 5.45. The van der Waals surface area contributed by atoms with E-state index in [4.69, 9.17) is 22.1 Å². The van der Waals surface area contributed by atoms with Crippen LogP contribution in [0.15, 0.2) is 36.8 Å². The second-order valence-electron chi connectivity index (χ2n) is 3.51. The molecule has 0 aliphatic heterocycles. The number of halogens is 1. The Morgan fingerprint density at radius 1 is 1.28 bits per heavy atom. The summed E-state index contributed by atoms with van der Waals surface area (Å²) in [7, 11) is 0. The molecule has 0 aliphatic carbocycles. The number of nitrogens with one attached hydrogen (secondary N) is 1. The van der Waals surface area contributed by atoms with E-state index in [0.29, 0.717) is 24.0 Å². The Morgan fingerprint density at radius 2 is 2.06 bits per heavy atom. The minimum Gasteiger partial charge on any atom is -0.492 e. The summed E-state index contributed by atoms with van der Waals surface area (Å²) >= 11 is 5.95. The van der Waals surface area contributed by atoms with Gasteiger partial charge in [0.05, 0.1) is 6.20 Å². The lowest BCUT2D eigenvalue weighted by atomic mass is 10.3. The largest absolute Gasteiger partial charge is 0.492 e. The highest BCUT2D eigenvalue weighted by molar-refractivity contribution is 6.32. The molecule has 1 heterocycles. The standard InChI is InChI=1S/C12H13ClN4O/c13-11-7-15-8-16-12(11)17-9-1-3-10(4-2-9)18-6-5-14/h1-4,7-8H,5-6,14H2,(H,15,16,17). The van der Waals surface area contributed by atoms with Crippen LogP contribution >= 0.6 is 11.6 Å². The van der Waals surface area contributed by atoms with Crippen LogP contribution in [0.1, 0.15) is 0 Å². The molecule has 6 heteroatoms. The number of benzene rings is 1. The van der Waals surface area contributed by atoms with Gasteiger partial charge in [0.15, 0.2) is 5.82 Å². The van der Waals surface area contributed by atoms with Gasteiger partial charge < -0.3 is 15.8 Å². The molecule has 0 bridgehead atoms. The zero-order valence-corrected chi connectivity index (χ0v) is 10.4. The van der Waals surface area contributed by atoms with E-state index in [-0.39, 0.29) is 0 Å². The molecule has 2 aromatic rings. The van der Waals surface area contributed by atoms with Crippen molar-refractivity contribution in [2.45, 2.75) is 0 Å². The molecule has 1 aromatic heterocycles. The molecule has 0 radical (unpaired) electrons. The molecule has 2 rings (SSSR count). The van der Waals surface area contributed by atoms with Gasteiger partial charge in [0.1, 0.15) is 23.7 Å². The average Bonchev–Trinajstić information content (AvgIpc) is 2.41. The molecule has 18 heavy (non-hydrogen) atoms. The number of hydrogen-bond acceptors (Lipinski definition) is 5. The van der Waals surface area contributed by atoms with Crippen LogP contribution in [0.25, 0.3) is 0 Å². The number of ether oxygens (including phenoxy) is 1. The maximum absolute atomic E-state index is 5.95. The lowest BCUT2D eigenvalue weighted by Crippen LogP contribution is -2.10. The zero-order chi connectivity index (χ0) is 12.8. The number of aromatic nitrogens is 2. The molecular weight excluding hydrogens is 252 g/mol. The number of hydrogen-bond donors (Lipinski definition) is 2. The summed E-state index contributed by atoms with van der Waals surface area (Å²) in [5.41, 5.74) is 6.23. The van der Waals surface area contributed by atoms with E-state index in [1.807, 2.05) is 24.3 Å². The molecule has 0 unspecified atom stereocenters. The first-order chi connectivity index (χ1) is 8.79. The third kappa shape index (κ3) is 3.32. The quantitative estimate of drug-likeness (QED) is 0.866. The number of rotatable bonds is 5. The summed E-state index contributed by atoms with van der Waals surface area (Å²) in [6.45, 7) is 1.00. The highest BCUT2D eigenvalue weighted by atomic mass is 35.5. The molecule has 3 N–H and O–H groups in total. The lowest BCUT2D eigenvalue weighted by molar-refractivity contribution is 0.328. The highest BCUT2D eigenvalue weighted by Crippen LogP contribution is 2.23. The van der Waals surface area contributed by atoms with E-state index < -0.39 is 0 Å². The van der Waals surface area contributed by atoms with Crippen molar-refractivity contribution in [1.29, 1.82) is 0 Å². The SMILES string of the molecule is NCCOc1ccc(Nc2ncncc2Cl)cc1. The van der Waals surface area contributed by atoms with Gasteiger partial charge in [0, 0.05) is 12.2 Å². The van der Waals surface area contributed by atoms with Crippen LogP contribution in [-0.4, -0.2) is 23.1 Å². The Kier molecular flexibility index (Phi) is 4.33. The molecular formula is C12H13ClN4O. The van der Waals surface area contributed by atoms with E-state index in [2.05, 4.69) is 15.3 Å². The molecule has 0 amide bonds. The van der Waals surface area contributed by atoms with E-state index in [0.717, 1.165) is 11.4 Å². The van der Waals surface area contributed by atoms with Crippen LogP contribution in [0.5, 0.6) is 5.75 Å². The molecule has 0 atom stereocenters. The van der Waals surface area contributed by atoms with Gasteiger partial charge in [-0.1, -0.05) is 11.6 Å². The van der Waals surface area contributed by atoms with Gasteiger partial charge in [-0.05, 0) is 24.3 Å². The number of anilines is 2. The van der Waals surface area contributed by atoms with Gasteiger partial charge in [-0.25, -0.2) is 9.97 Å². The van der Waals surface area contributed by atoms with Crippen molar-refractivity contribution >= 4 is 23.1 Å². The number of nitrogens with zero attached hydrogens (tertiary/aromatic N) is 2. The summed E-state index contributed by atoms with van der Waals surface area (Å²) in [6.07, 6.45) is 2.97. The van der Waals surface area contributed by atoms with Crippen LogP contribution in [0.3, 0.4) is 0 Å². The van der Waals surface area contributed by atoms with Crippen molar-refractivity contribution in [1.82, 2.24) is 9.97 Å². The fourth-order valence-corrected chi connectivity index (χ4v) is 1.51. The Hall–Kier alpha value is -1.85. The Morgan fingerprint density at radius 3 is 2.72 bits per heavy atom. The van der Waals surface area contributed by atoms with Gasteiger partial charge in [-0.15, -0.1) is 0 Å². The van der Waals surface area contributed by atoms with Crippen LogP contribution < -0.4 is 15.8 Å². The second-order valence-corrected chi connectivity index (χ2v) is 3.91. The minimum atomic E-state index is 0.473. The van der Waals surface area contributed by atoms with Crippen LogP contribution in [0.4, 0.5) is 11.5 Å². The third-order valence-corrected chi connectivity index (χ3v) is 2.45. The monoisotopic (exact) mass is 264 g/mol. The van der Waals surface area contributed by atoms with Crippen LogP contribution in [-0.2, 0) is 0 Å². The summed E-state index contributed by atoms with van der Waals surface area (Å²) in [6, 6.07) is 7.47. The van der Waals surface area contributed by atoms with Gasteiger partial charge in [0.2, 0.25) is 0 Å². The molecule has 0 saturated carbocycles. The molecule has 1 aromatic carbocycles. The van der Waals surface area contributed by atoms with E-state index >= 15 is 0 Å². The summed E-state index contributed by atoms with van der Waals surface area (Å²) < 4.78 is 5.38. The average molecular weight is 265 g/mol. The van der Waals surface area contributed by atoms with Crippen molar-refractivity contribution in [2.75, 3.05) is 18.5 Å². The summed E-state index contributed by atoms with van der Waals surface area (Å²) in [4.78, 5) is 7.86. The topological polar surface area (TPSA) is 73.1 Å². The van der Waals surface area contributed by atoms with E-state index in [1.54, 1.807) is 0 Å². The predicted octanol–water partition coefficient (Wildman–Crippen LogP) is 2.21. The molecule has 94 valence electrons. The maximum Gasteiger partial charge on any atom is 0.152 e. The van der Waals surface area contributed by atoms with Crippen molar-refractivity contribution in [2.24, 2.45) is 5.73 Å². The molecule has 0 fully saturated rings. The molecule has 0 aliphatic rings. The maximum atomic E-state index is 5.95. The van der Waals surface area contributed by atoms with E-state index in [9.17, 15) is 0 Å². The minimum absolute atomic E-state index is 0.473. The summed E-state index contributed by atoms with van der Waals surface area (Å²) in [5.74, 6) is 1.35. The highest BCUT2D eigenvalue weighted by Gasteiger charge is 2.01. The van der Waals surface area contributed by atoms with Gasteiger partial charge in [-0.2, -0.15) is 0 Å². The Bertz CT molecular complexity index is 504. The first kappa shape index (κ1) is 12.6. The second kappa shape index (κ2) is 6.18. The Labute approximate surface area is 110 Å². The van der Waals surface area contributed by atoms with Gasteiger partial charge in [0.25, 0.3) is 0 Å². The van der Waals surface area contributed by atoms with Crippen molar-refractivity contribution in [3.63, 3.8) is 0 Å². The summed E-state index contributed by atoms with van der Waals surface area (Å²) in [5, 5.41) is 3.57.